The number of carbonyl (C=O) groups is 1. The molecular formula is C24H33FN2O2. The van der Waals surface area contributed by atoms with Crippen molar-refractivity contribution < 1.29 is 13.9 Å². The highest BCUT2D eigenvalue weighted by Crippen LogP contribution is 2.26. The first-order valence-corrected chi connectivity index (χ1v) is 10.9. The Bertz CT molecular complexity index is 765. The van der Waals surface area contributed by atoms with E-state index in [2.05, 4.69) is 15.5 Å². The fourth-order valence-corrected chi connectivity index (χ4v) is 4.21. The van der Waals surface area contributed by atoms with Gasteiger partial charge < -0.3 is 9.30 Å². The summed E-state index contributed by atoms with van der Waals surface area (Å²) in [6.45, 7) is 6.51. The van der Waals surface area contributed by atoms with Gasteiger partial charge in [-0.25, -0.2) is 4.39 Å². The zero-order chi connectivity index (χ0) is 20.6. The predicted octanol–water partition coefficient (Wildman–Crippen LogP) is 5.01. The molecule has 0 bridgehead atoms. The van der Waals surface area contributed by atoms with Crippen LogP contribution in [0.15, 0.2) is 42.6 Å². The number of benzene rings is 1. The Morgan fingerprint density at radius 3 is 2.62 bits per heavy atom. The molecule has 0 saturated heterocycles. The molecule has 0 spiro atoms. The molecule has 1 heterocycles. The van der Waals surface area contributed by atoms with E-state index < -0.39 is 0 Å². The van der Waals surface area contributed by atoms with Gasteiger partial charge in [-0.15, -0.1) is 0 Å². The molecule has 1 unspecified atom stereocenters. The summed E-state index contributed by atoms with van der Waals surface area (Å²) in [6.07, 6.45) is 8.42. The summed E-state index contributed by atoms with van der Waals surface area (Å²) in [5.41, 5.74) is 2.21. The number of carbonyl (C=O) groups excluding carboxylic acids is 1. The summed E-state index contributed by atoms with van der Waals surface area (Å²) in [7, 11) is 0. The van der Waals surface area contributed by atoms with E-state index in [-0.39, 0.29) is 17.8 Å². The number of ether oxygens (including phenoxy) is 1. The van der Waals surface area contributed by atoms with E-state index in [9.17, 15) is 9.18 Å². The average Bonchev–Trinajstić information content (AvgIpc) is 3.16. The second-order valence-electron chi connectivity index (χ2n) is 8.12. The predicted molar refractivity (Wildman–Crippen MR) is 113 cm³/mol. The van der Waals surface area contributed by atoms with Crippen LogP contribution in [0.1, 0.15) is 57.2 Å². The van der Waals surface area contributed by atoms with Crippen molar-refractivity contribution in [1.29, 1.82) is 0 Å². The fraction of sp³-hybridized carbons (Fsp3) is 0.542. The van der Waals surface area contributed by atoms with Crippen LogP contribution in [0.4, 0.5) is 4.39 Å². The normalized spacial score (nSPS) is 16.1. The van der Waals surface area contributed by atoms with Gasteiger partial charge in [0, 0.05) is 31.5 Å². The monoisotopic (exact) mass is 400 g/mol. The Morgan fingerprint density at radius 1 is 1.21 bits per heavy atom. The zero-order valence-electron chi connectivity index (χ0n) is 17.6. The SMILES string of the molecule is CCOC(=O)C(C)N(Cc1cccn1Cc1ccc(F)cc1)CC1CCCCC1. The Labute approximate surface area is 173 Å². The van der Waals surface area contributed by atoms with E-state index in [1.807, 2.05) is 38.2 Å². The maximum absolute atomic E-state index is 13.2. The Balaban J connectivity index is 1.73. The quantitative estimate of drug-likeness (QED) is 0.555. The molecular weight excluding hydrogens is 367 g/mol. The minimum Gasteiger partial charge on any atom is -0.465 e. The van der Waals surface area contributed by atoms with Gasteiger partial charge in [0.25, 0.3) is 0 Å². The molecule has 3 rings (SSSR count). The van der Waals surface area contributed by atoms with Crippen LogP contribution in [0, 0.1) is 11.7 Å². The Kier molecular flexibility index (Phi) is 7.87. The Morgan fingerprint density at radius 2 is 1.93 bits per heavy atom. The molecule has 0 aliphatic heterocycles. The summed E-state index contributed by atoms with van der Waals surface area (Å²) < 4.78 is 20.7. The van der Waals surface area contributed by atoms with Gasteiger partial charge in [0.15, 0.2) is 0 Å². The van der Waals surface area contributed by atoms with Crippen LogP contribution in [-0.2, 0) is 22.6 Å². The maximum Gasteiger partial charge on any atom is 0.323 e. The highest BCUT2D eigenvalue weighted by molar-refractivity contribution is 5.75. The standard InChI is InChI=1S/C24H33FN2O2/c1-3-29-24(28)19(2)27(17-20-8-5-4-6-9-20)18-23-10-7-15-26(23)16-21-11-13-22(25)14-12-21/h7,10-15,19-20H,3-6,8-9,16-18H2,1-2H3. The summed E-state index contributed by atoms with van der Waals surface area (Å²) in [6, 6.07) is 10.5. The van der Waals surface area contributed by atoms with E-state index in [0.29, 0.717) is 25.6 Å². The largest absolute Gasteiger partial charge is 0.465 e. The van der Waals surface area contributed by atoms with Crippen LogP contribution < -0.4 is 0 Å². The van der Waals surface area contributed by atoms with E-state index in [1.165, 1.54) is 44.2 Å². The molecule has 1 fully saturated rings. The van der Waals surface area contributed by atoms with Gasteiger partial charge in [-0.1, -0.05) is 31.4 Å². The summed E-state index contributed by atoms with van der Waals surface area (Å²) in [4.78, 5) is 14.7. The topological polar surface area (TPSA) is 34.5 Å². The van der Waals surface area contributed by atoms with Crippen molar-refractivity contribution in [2.75, 3.05) is 13.2 Å². The van der Waals surface area contributed by atoms with E-state index in [4.69, 9.17) is 4.74 Å². The van der Waals surface area contributed by atoms with Crippen LogP contribution in [0.5, 0.6) is 0 Å². The number of hydrogen-bond donors (Lipinski definition) is 0. The molecule has 0 amide bonds. The van der Waals surface area contributed by atoms with Gasteiger partial charge in [-0.05, 0) is 62.4 Å². The number of esters is 1. The zero-order valence-corrected chi connectivity index (χ0v) is 17.6. The molecule has 1 aliphatic carbocycles. The van der Waals surface area contributed by atoms with Gasteiger partial charge in [-0.2, -0.15) is 0 Å². The fourth-order valence-electron chi connectivity index (χ4n) is 4.21. The number of aromatic nitrogens is 1. The second-order valence-corrected chi connectivity index (χ2v) is 8.12. The lowest BCUT2D eigenvalue weighted by atomic mass is 9.88. The van der Waals surface area contributed by atoms with Crippen LogP contribution in [0.3, 0.4) is 0 Å². The molecule has 1 aromatic heterocycles. The lowest BCUT2D eigenvalue weighted by molar-refractivity contribution is -0.149. The van der Waals surface area contributed by atoms with Crippen LogP contribution in [-0.4, -0.2) is 34.6 Å². The highest BCUT2D eigenvalue weighted by Gasteiger charge is 2.27. The van der Waals surface area contributed by atoms with Gasteiger partial charge in [0.1, 0.15) is 11.9 Å². The number of nitrogens with zero attached hydrogens (tertiary/aromatic N) is 2. The second kappa shape index (κ2) is 10.6. The summed E-state index contributed by atoms with van der Waals surface area (Å²) >= 11 is 0. The van der Waals surface area contributed by atoms with Crippen molar-refractivity contribution in [3.05, 3.63) is 59.7 Å². The van der Waals surface area contributed by atoms with Crippen molar-refractivity contribution in [2.24, 2.45) is 5.92 Å². The number of hydrogen-bond acceptors (Lipinski definition) is 3. The van der Waals surface area contributed by atoms with Crippen LogP contribution >= 0.6 is 0 Å². The van der Waals surface area contributed by atoms with Crippen LogP contribution in [0.25, 0.3) is 0 Å². The molecule has 1 atom stereocenters. The van der Waals surface area contributed by atoms with Crippen molar-refractivity contribution >= 4 is 5.97 Å². The smallest absolute Gasteiger partial charge is 0.323 e. The van der Waals surface area contributed by atoms with Crippen molar-refractivity contribution in [3.8, 4) is 0 Å². The van der Waals surface area contributed by atoms with Gasteiger partial charge in [-0.3, -0.25) is 9.69 Å². The molecule has 29 heavy (non-hydrogen) atoms. The van der Waals surface area contributed by atoms with Gasteiger partial charge in [0.2, 0.25) is 0 Å². The molecule has 1 saturated carbocycles. The lowest BCUT2D eigenvalue weighted by Gasteiger charge is -2.33. The van der Waals surface area contributed by atoms with E-state index in [1.54, 1.807) is 0 Å². The molecule has 5 heteroatoms. The summed E-state index contributed by atoms with van der Waals surface area (Å²) in [5.74, 6) is 0.268. The minimum atomic E-state index is -0.272. The third kappa shape index (κ3) is 6.17. The average molecular weight is 401 g/mol. The minimum absolute atomic E-state index is 0.153. The van der Waals surface area contributed by atoms with Gasteiger partial charge in [0.05, 0.1) is 6.61 Å². The van der Waals surface area contributed by atoms with Crippen molar-refractivity contribution in [3.63, 3.8) is 0 Å². The van der Waals surface area contributed by atoms with E-state index >= 15 is 0 Å². The molecule has 0 radical (unpaired) electrons. The van der Waals surface area contributed by atoms with Crippen LogP contribution in [0.2, 0.25) is 0 Å². The van der Waals surface area contributed by atoms with Crippen molar-refractivity contribution in [1.82, 2.24) is 9.47 Å². The summed E-state index contributed by atoms with van der Waals surface area (Å²) in [5, 5.41) is 0. The molecule has 2 aromatic rings. The van der Waals surface area contributed by atoms with Gasteiger partial charge >= 0.3 is 5.97 Å². The third-order valence-corrected chi connectivity index (χ3v) is 5.95. The number of halogens is 1. The molecule has 158 valence electrons. The van der Waals surface area contributed by atoms with E-state index in [0.717, 1.165) is 17.8 Å². The first-order chi connectivity index (χ1) is 14.1. The number of rotatable bonds is 9. The first-order valence-electron chi connectivity index (χ1n) is 10.9. The maximum atomic E-state index is 13.2. The molecule has 1 aromatic carbocycles. The molecule has 1 aliphatic rings. The third-order valence-electron chi connectivity index (χ3n) is 5.95. The first kappa shape index (κ1) is 21.6. The van der Waals surface area contributed by atoms with Crippen molar-refractivity contribution in [2.45, 2.75) is 65.1 Å². The highest BCUT2D eigenvalue weighted by atomic mass is 19.1. The molecule has 0 N–H and O–H groups in total. The Hall–Kier alpha value is -2.14. The lowest BCUT2D eigenvalue weighted by Crippen LogP contribution is -2.43. The molecule has 4 nitrogen and oxygen atoms in total.